The minimum atomic E-state index is -0.0756. The first-order valence-electron chi connectivity index (χ1n) is 9.48. The number of imidazole rings is 1. The maximum absolute atomic E-state index is 13.5. The molecule has 0 atom stereocenters. The number of aromatic nitrogens is 6. The Morgan fingerprint density at radius 3 is 2.66 bits per heavy atom. The minimum Gasteiger partial charge on any atom is -0.383 e. The van der Waals surface area contributed by atoms with Gasteiger partial charge in [-0.05, 0) is 32.4 Å². The molecule has 4 heterocycles. The Labute approximate surface area is 172 Å². The number of thiophene rings is 1. The number of hydrogen-bond donors (Lipinski definition) is 0. The van der Waals surface area contributed by atoms with E-state index >= 15 is 0 Å². The molecular formula is C20H24N6O2S. The highest BCUT2D eigenvalue weighted by Gasteiger charge is 2.22. The molecule has 4 aromatic heterocycles. The standard InChI is InChI=1S/C20H24N6O2S/c1-12(2)26-8-6-14(23-26)16-13(3)15-19(29-16)22-18(17-21-7-9-24(17)4)25(20(15)27)10-11-28-5/h6-9,12H,10-11H2,1-5H3. The van der Waals surface area contributed by atoms with E-state index in [2.05, 4.69) is 23.9 Å². The van der Waals surface area contributed by atoms with Crippen LogP contribution in [0.4, 0.5) is 0 Å². The van der Waals surface area contributed by atoms with Gasteiger partial charge in [-0.3, -0.25) is 14.0 Å². The number of hydrogen-bond acceptors (Lipinski definition) is 6. The molecule has 0 unspecified atom stereocenters. The molecule has 0 amide bonds. The average Bonchev–Trinajstić information content (AvgIpc) is 3.39. The van der Waals surface area contributed by atoms with Crippen molar-refractivity contribution in [2.75, 3.05) is 13.7 Å². The molecule has 152 valence electrons. The molecule has 0 aromatic carbocycles. The quantitative estimate of drug-likeness (QED) is 0.486. The molecule has 4 rings (SSSR count). The summed E-state index contributed by atoms with van der Waals surface area (Å²) in [5.74, 6) is 1.20. The molecule has 0 saturated carbocycles. The van der Waals surface area contributed by atoms with Gasteiger partial charge in [0.05, 0.1) is 23.4 Å². The topological polar surface area (TPSA) is 79.8 Å². The summed E-state index contributed by atoms with van der Waals surface area (Å²) < 4.78 is 10.7. The largest absolute Gasteiger partial charge is 0.383 e. The molecule has 8 nitrogen and oxygen atoms in total. The number of methoxy groups -OCH3 is 1. The van der Waals surface area contributed by atoms with E-state index < -0.39 is 0 Å². The molecule has 0 aliphatic carbocycles. The molecule has 0 bridgehead atoms. The first kappa shape index (κ1) is 19.5. The van der Waals surface area contributed by atoms with Gasteiger partial charge in [0, 0.05) is 38.8 Å². The van der Waals surface area contributed by atoms with Gasteiger partial charge in [-0.25, -0.2) is 9.97 Å². The second kappa shape index (κ2) is 7.57. The summed E-state index contributed by atoms with van der Waals surface area (Å²) in [5.41, 5.74) is 1.70. The normalized spacial score (nSPS) is 11.8. The van der Waals surface area contributed by atoms with Crippen molar-refractivity contribution in [3.63, 3.8) is 0 Å². The summed E-state index contributed by atoms with van der Waals surface area (Å²) >= 11 is 1.50. The Balaban J connectivity index is 1.95. The van der Waals surface area contributed by atoms with Crippen molar-refractivity contribution in [3.8, 4) is 22.2 Å². The van der Waals surface area contributed by atoms with Gasteiger partial charge in [-0.15, -0.1) is 11.3 Å². The maximum atomic E-state index is 13.5. The van der Waals surface area contributed by atoms with Gasteiger partial charge in [-0.2, -0.15) is 5.10 Å². The van der Waals surface area contributed by atoms with Gasteiger partial charge in [0.25, 0.3) is 5.56 Å². The van der Waals surface area contributed by atoms with E-state index in [1.54, 1.807) is 17.9 Å². The molecule has 29 heavy (non-hydrogen) atoms. The van der Waals surface area contributed by atoms with Crippen molar-refractivity contribution in [2.24, 2.45) is 7.05 Å². The molecule has 9 heteroatoms. The molecular weight excluding hydrogens is 388 g/mol. The molecule has 0 spiro atoms. The van der Waals surface area contributed by atoms with Gasteiger partial charge >= 0.3 is 0 Å². The van der Waals surface area contributed by atoms with Gasteiger partial charge in [0.15, 0.2) is 11.6 Å². The predicted octanol–water partition coefficient (Wildman–Crippen LogP) is 3.26. The van der Waals surface area contributed by atoms with Crippen LogP contribution in [0, 0.1) is 6.92 Å². The summed E-state index contributed by atoms with van der Waals surface area (Å²) in [6.07, 6.45) is 5.51. The fourth-order valence-electron chi connectivity index (χ4n) is 3.35. The van der Waals surface area contributed by atoms with Crippen LogP contribution in [0.3, 0.4) is 0 Å². The lowest BCUT2D eigenvalue weighted by Gasteiger charge is -2.12. The fraction of sp³-hybridized carbons (Fsp3) is 0.400. The number of nitrogens with zero attached hydrogens (tertiary/aromatic N) is 6. The number of aryl methyl sites for hydroxylation is 2. The van der Waals surface area contributed by atoms with Crippen LogP contribution in [0.15, 0.2) is 29.5 Å². The van der Waals surface area contributed by atoms with Gasteiger partial charge in [0.1, 0.15) is 10.5 Å². The van der Waals surface area contributed by atoms with Crippen molar-refractivity contribution >= 4 is 21.6 Å². The van der Waals surface area contributed by atoms with Crippen LogP contribution < -0.4 is 5.56 Å². The molecule has 0 saturated heterocycles. The highest BCUT2D eigenvalue weighted by atomic mass is 32.1. The smallest absolute Gasteiger partial charge is 0.262 e. The molecule has 4 aromatic rings. The maximum Gasteiger partial charge on any atom is 0.262 e. The lowest BCUT2D eigenvalue weighted by molar-refractivity contribution is 0.186. The fourth-order valence-corrected chi connectivity index (χ4v) is 4.49. The molecule has 0 radical (unpaired) electrons. The van der Waals surface area contributed by atoms with E-state index in [9.17, 15) is 4.79 Å². The zero-order valence-electron chi connectivity index (χ0n) is 17.2. The SMILES string of the molecule is COCCn1c(-c2nccn2C)nc2sc(-c3ccn(C(C)C)n3)c(C)c2c1=O. The monoisotopic (exact) mass is 412 g/mol. The highest BCUT2D eigenvalue weighted by molar-refractivity contribution is 7.22. The van der Waals surface area contributed by atoms with Gasteiger partial charge < -0.3 is 9.30 Å². The van der Waals surface area contributed by atoms with E-state index in [1.165, 1.54) is 11.3 Å². The third-order valence-electron chi connectivity index (χ3n) is 4.96. The highest BCUT2D eigenvalue weighted by Crippen LogP contribution is 2.36. The number of ether oxygens (including phenoxy) is 1. The summed E-state index contributed by atoms with van der Waals surface area (Å²) in [6.45, 7) is 6.96. The summed E-state index contributed by atoms with van der Waals surface area (Å²) in [7, 11) is 3.51. The second-order valence-electron chi connectivity index (χ2n) is 7.26. The number of fused-ring (bicyclic) bond motifs is 1. The lowest BCUT2D eigenvalue weighted by atomic mass is 10.2. The van der Waals surface area contributed by atoms with Crippen molar-refractivity contribution in [1.82, 2.24) is 28.9 Å². The molecule has 0 fully saturated rings. The zero-order valence-corrected chi connectivity index (χ0v) is 18.0. The van der Waals surface area contributed by atoms with Crippen molar-refractivity contribution in [2.45, 2.75) is 33.4 Å². The van der Waals surface area contributed by atoms with Crippen molar-refractivity contribution < 1.29 is 4.74 Å². The van der Waals surface area contributed by atoms with E-state index in [0.29, 0.717) is 35.0 Å². The average molecular weight is 413 g/mol. The molecule has 0 aliphatic rings. The summed E-state index contributed by atoms with van der Waals surface area (Å²) in [5, 5.41) is 5.32. The van der Waals surface area contributed by atoms with Gasteiger partial charge in [0.2, 0.25) is 0 Å². The van der Waals surface area contributed by atoms with Crippen LogP contribution in [-0.2, 0) is 18.3 Å². The Morgan fingerprint density at radius 1 is 1.24 bits per heavy atom. The van der Waals surface area contributed by atoms with Gasteiger partial charge in [-0.1, -0.05) is 0 Å². The van der Waals surface area contributed by atoms with Crippen LogP contribution in [0.1, 0.15) is 25.5 Å². The van der Waals surface area contributed by atoms with Crippen LogP contribution in [0.25, 0.3) is 32.4 Å². The van der Waals surface area contributed by atoms with E-state index in [1.807, 2.05) is 41.7 Å². The van der Waals surface area contributed by atoms with E-state index in [-0.39, 0.29) is 11.6 Å². The summed E-state index contributed by atoms with van der Waals surface area (Å²) in [6, 6.07) is 2.26. The Morgan fingerprint density at radius 2 is 2.03 bits per heavy atom. The Bertz CT molecular complexity index is 1230. The first-order chi connectivity index (χ1) is 13.9. The third kappa shape index (κ3) is 3.30. The minimum absolute atomic E-state index is 0.0756. The van der Waals surface area contributed by atoms with Crippen molar-refractivity contribution in [1.29, 1.82) is 0 Å². The van der Waals surface area contributed by atoms with Crippen LogP contribution in [0.2, 0.25) is 0 Å². The summed E-state index contributed by atoms with van der Waals surface area (Å²) in [4.78, 5) is 24.4. The third-order valence-corrected chi connectivity index (χ3v) is 6.17. The zero-order chi connectivity index (χ0) is 20.7. The van der Waals surface area contributed by atoms with E-state index in [0.717, 1.165) is 16.1 Å². The molecule has 0 aliphatic heterocycles. The van der Waals surface area contributed by atoms with Crippen LogP contribution in [0.5, 0.6) is 0 Å². The Hall–Kier alpha value is -2.78. The van der Waals surface area contributed by atoms with E-state index in [4.69, 9.17) is 9.72 Å². The predicted molar refractivity (Wildman–Crippen MR) is 114 cm³/mol. The van der Waals surface area contributed by atoms with Crippen LogP contribution in [-0.4, -0.2) is 42.6 Å². The first-order valence-corrected chi connectivity index (χ1v) is 10.3. The lowest BCUT2D eigenvalue weighted by Crippen LogP contribution is -2.26. The van der Waals surface area contributed by atoms with Crippen molar-refractivity contribution in [3.05, 3.63) is 40.6 Å². The number of rotatable bonds is 6. The molecule has 0 N–H and O–H groups in total. The van der Waals surface area contributed by atoms with Crippen LogP contribution >= 0.6 is 11.3 Å². The second-order valence-corrected chi connectivity index (χ2v) is 8.26. The Kier molecular flexibility index (Phi) is 5.10.